The number of hydrogen-bond donors (Lipinski definition) is 0. The summed E-state index contributed by atoms with van der Waals surface area (Å²) in [6.07, 6.45) is 12.2. The number of esters is 1. The Bertz CT molecular complexity index is 173. The third kappa shape index (κ3) is 11.1. The van der Waals surface area contributed by atoms with E-state index >= 15 is 0 Å². The molecule has 0 unspecified atom stereocenters. The van der Waals surface area contributed by atoms with E-state index in [1.807, 2.05) is 13.0 Å². The highest BCUT2D eigenvalue weighted by atomic mass is 16.5. The molecule has 0 aliphatic carbocycles. The fraction of sp³-hybridized carbons (Fsp3) is 0.769. The summed E-state index contributed by atoms with van der Waals surface area (Å²) in [7, 11) is 0. The Kier molecular flexibility index (Phi) is 10.7. The van der Waals surface area contributed by atoms with E-state index < -0.39 is 0 Å². The van der Waals surface area contributed by atoms with Gasteiger partial charge in [-0.05, 0) is 19.8 Å². The molecule has 0 N–H and O–H groups in total. The SMILES string of the molecule is CCCCCCCC/C=C\C(=O)OCC. The Labute approximate surface area is 93.7 Å². The zero-order valence-electron chi connectivity index (χ0n) is 10.1. The highest BCUT2D eigenvalue weighted by Gasteiger charge is 1.92. The Balaban J connectivity index is 3.19. The molecule has 0 heterocycles. The Hall–Kier alpha value is -0.790. The molecule has 0 rings (SSSR count). The smallest absolute Gasteiger partial charge is 0.330 e. The second-order valence-electron chi connectivity index (χ2n) is 3.71. The average molecular weight is 212 g/mol. The van der Waals surface area contributed by atoms with E-state index in [9.17, 15) is 4.79 Å². The van der Waals surface area contributed by atoms with Crippen molar-refractivity contribution in [1.29, 1.82) is 0 Å². The summed E-state index contributed by atoms with van der Waals surface area (Å²) in [5.41, 5.74) is 0. The summed E-state index contributed by atoms with van der Waals surface area (Å²) in [6.45, 7) is 4.50. The minimum absolute atomic E-state index is 0.219. The number of hydrogen-bond acceptors (Lipinski definition) is 2. The fourth-order valence-electron chi connectivity index (χ4n) is 1.41. The van der Waals surface area contributed by atoms with Gasteiger partial charge in [0.1, 0.15) is 0 Å². The zero-order valence-corrected chi connectivity index (χ0v) is 10.1. The maximum Gasteiger partial charge on any atom is 0.330 e. The maximum atomic E-state index is 10.9. The molecule has 0 aromatic carbocycles. The van der Waals surface area contributed by atoms with Crippen molar-refractivity contribution in [3.63, 3.8) is 0 Å². The summed E-state index contributed by atoms with van der Waals surface area (Å²) in [4.78, 5) is 10.9. The van der Waals surface area contributed by atoms with Crippen LogP contribution in [0.1, 0.15) is 58.8 Å². The summed E-state index contributed by atoms with van der Waals surface area (Å²) >= 11 is 0. The van der Waals surface area contributed by atoms with Crippen LogP contribution in [0.15, 0.2) is 12.2 Å². The van der Waals surface area contributed by atoms with Crippen molar-refractivity contribution >= 4 is 5.97 Å². The molecule has 0 aliphatic rings. The average Bonchev–Trinajstić information content (AvgIpc) is 2.22. The lowest BCUT2D eigenvalue weighted by Crippen LogP contribution is -1.98. The molecule has 0 aliphatic heterocycles. The first-order valence-electron chi connectivity index (χ1n) is 6.14. The molecule has 15 heavy (non-hydrogen) atoms. The van der Waals surface area contributed by atoms with Crippen LogP contribution in [0, 0.1) is 0 Å². The lowest BCUT2D eigenvalue weighted by Gasteiger charge is -1.97. The Morgan fingerprint density at radius 2 is 1.73 bits per heavy atom. The number of ether oxygens (including phenoxy) is 1. The van der Waals surface area contributed by atoms with Crippen molar-refractivity contribution in [3.05, 3.63) is 12.2 Å². The van der Waals surface area contributed by atoms with Crippen molar-refractivity contribution in [2.75, 3.05) is 6.61 Å². The van der Waals surface area contributed by atoms with E-state index in [0.29, 0.717) is 6.61 Å². The molecule has 2 nitrogen and oxygen atoms in total. The van der Waals surface area contributed by atoms with E-state index in [4.69, 9.17) is 4.74 Å². The van der Waals surface area contributed by atoms with Gasteiger partial charge in [0.05, 0.1) is 6.61 Å². The van der Waals surface area contributed by atoms with Gasteiger partial charge in [-0.2, -0.15) is 0 Å². The third-order valence-electron chi connectivity index (χ3n) is 2.26. The van der Waals surface area contributed by atoms with Gasteiger partial charge in [0.2, 0.25) is 0 Å². The van der Waals surface area contributed by atoms with Crippen LogP contribution in [0.25, 0.3) is 0 Å². The number of rotatable bonds is 9. The first-order valence-corrected chi connectivity index (χ1v) is 6.14. The monoisotopic (exact) mass is 212 g/mol. The first-order chi connectivity index (χ1) is 7.31. The van der Waals surface area contributed by atoms with Gasteiger partial charge in [-0.15, -0.1) is 0 Å². The van der Waals surface area contributed by atoms with Crippen molar-refractivity contribution in [3.8, 4) is 0 Å². The Morgan fingerprint density at radius 3 is 2.40 bits per heavy atom. The van der Waals surface area contributed by atoms with E-state index in [-0.39, 0.29) is 5.97 Å². The van der Waals surface area contributed by atoms with Gasteiger partial charge in [0.15, 0.2) is 0 Å². The van der Waals surface area contributed by atoms with E-state index in [1.165, 1.54) is 44.6 Å². The number of carbonyl (C=O) groups is 1. The van der Waals surface area contributed by atoms with Crippen LogP contribution >= 0.6 is 0 Å². The predicted molar refractivity (Wildman–Crippen MR) is 63.8 cm³/mol. The topological polar surface area (TPSA) is 26.3 Å². The number of carbonyl (C=O) groups excluding carboxylic acids is 1. The second-order valence-corrected chi connectivity index (χ2v) is 3.71. The van der Waals surface area contributed by atoms with E-state index in [0.717, 1.165) is 6.42 Å². The van der Waals surface area contributed by atoms with Crippen LogP contribution in [0.2, 0.25) is 0 Å². The first kappa shape index (κ1) is 14.2. The molecule has 0 radical (unpaired) electrons. The van der Waals surface area contributed by atoms with Crippen molar-refractivity contribution in [1.82, 2.24) is 0 Å². The lowest BCUT2D eigenvalue weighted by atomic mass is 10.1. The maximum absolute atomic E-state index is 10.9. The lowest BCUT2D eigenvalue weighted by molar-refractivity contribution is -0.137. The molecule has 88 valence electrons. The van der Waals surface area contributed by atoms with Crippen molar-refractivity contribution in [2.45, 2.75) is 58.8 Å². The van der Waals surface area contributed by atoms with Crippen LogP contribution in [0.5, 0.6) is 0 Å². The van der Waals surface area contributed by atoms with Crippen molar-refractivity contribution < 1.29 is 9.53 Å². The summed E-state index contributed by atoms with van der Waals surface area (Å²) in [5, 5.41) is 0. The fourth-order valence-corrected chi connectivity index (χ4v) is 1.41. The minimum Gasteiger partial charge on any atom is -0.463 e. The molecular weight excluding hydrogens is 188 g/mol. The van der Waals surface area contributed by atoms with Gasteiger partial charge in [-0.3, -0.25) is 0 Å². The standard InChI is InChI=1S/C13H24O2/c1-3-5-6-7-8-9-10-11-12-13(14)15-4-2/h11-12H,3-10H2,1-2H3/b12-11-. The van der Waals surface area contributed by atoms with Crippen LogP contribution in [-0.4, -0.2) is 12.6 Å². The van der Waals surface area contributed by atoms with Crippen LogP contribution in [0.4, 0.5) is 0 Å². The molecule has 0 aromatic heterocycles. The van der Waals surface area contributed by atoms with Gasteiger partial charge in [0.25, 0.3) is 0 Å². The van der Waals surface area contributed by atoms with E-state index in [1.54, 1.807) is 0 Å². The summed E-state index contributed by atoms with van der Waals surface area (Å²) in [5.74, 6) is -0.219. The summed E-state index contributed by atoms with van der Waals surface area (Å²) < 4.78 is 4.78. The van der Waals surface area contributed by atoms with Gasteiger partial charge in [-0.25, -0.2) is 4.79 Å². The molecule has 0 atom stereocenters. The van der Waals surface area contributed by atoms with Crippen molar-refractivity contribution in [2.24, 2.45) is 0 Å². The number of unbranched alkanes of at least 4 members (excludes halogenated alkanes) is 6. The van der Waals surface area contributed by atoms with Gasteiger partial charge >= 0.3 is 5.97 Å². The molecule has 2 heteroatoms. The normalized spacial score (nSPS) is 10.8. The summed E-state index contributed by atoms with van der Waals surface area (Å²) in [6, 6.07) is 0. The quantitative estimate of drug-likeness (QED) is 0.329. The zero-order chi connectivity index (χ0) is 11.4. The molecule has 0 spiro atoms. The highest BCUT2D eigenvalue weighted by molar-refractivity contribution is 5.81. The van der Waals surface area contributed by atoms with E-state index in [2.05, 4.69) is 6.92 Å². The molecule has 0 aromatic rings. The molecule has 0 amide bonds. The minimum atomic E-state index is -0.219. The molecule has 0 saturated heterocycles. The molecule has 0 fully saturated rings. The van der Waals surface area contributed by atoms with Crippen LogP contribution < -0.4 is 0 Å². The largest absolute Gasteiger partial charge is 0.463 e. The van der Waals surface area contributed by atoms with Gasteiger partial charge in [-0.1, -0.05) is 45.1 Å². The van der Waals surface area contributed by atoms with Crippen LogP contribution in [0.3, 0.4) is 0 Å². The predicted octanol–water partition coefficient (Wildman–Crippen LogP) is 3.86. The Morgan fingerprint density at radius 1 is 1.07 bits per heavy atom. The molecule has 0 bridgehead atoms. The molecule has 0 saturated carbocycles. The highest BCUT2D eigenvalue weighted by Crippen LogP contribution is 2.07. The second kappa shape index (κ2) is 11.3. The van der Waals surface area contributed by atoms with Crippen LogP contribution in [-0.2, 0) is 9.53 Å². The van der Waals surface area contributed by atoms with Gasteiger partial charge < -0.3 is 4.74 Å². The van der Waals surface area contributed by atoms with Gasteiger partial charge in [0, 0.05) is 6.08 Å². The third-order valence-corrected chi connectivity index (χ3v) is 2.26. The number of allylic oxidation sites excluding steroid dienone is 1. The molecular formula is C13H24O2.